The standard InChI is InChI=1S/C60H39NO/c1-3-15-40(16-4-1)41-29-34-46(35-30-41)61(56-27-12-11-23-53(56)54-26-14-28-58-59(54)55-38-32-44-20-8-10-22-50(44)60(55)62-58)57-39-45(33-36-49(57)42-17-5-2-6-18-42)48-24-13-25-51-47-21-9-7-19-43(47)31-37-52(48)51/h1-39H. The van der Waals surface area contributed by atoms with Crippen LogP contribution >= 0.6 is 0 Å². The van der Waals surface area contributed by atoms with Crippen molar-refractivity contribution < 1.29 is 4.42 Å². The maximum atomic E-state index is 6.74. The molecule has 1 heterocycles. The Morgan fingerprint density at radius 2 is 0.871 bits per heavy atom. The molecule has 0 aliphatic carbocycles. The predicted octanol–water partition coefficient (Wildman–Crippen LogP) is 17.2. The number of benzene rings is 11. The second-order valence-electron chi connectivity index (χ2n) is 16.0. The third kappa shape index (κ3) is 5.96. The number of para-hydroxylation sites is 1. The predicted molar refractivity (Wildman–Crippen MR) is 263 cm³/mol. The van der Waals surface area contributed by atoms with Crippen LogP contribution in [0, 0.1) is 0 Å². The van der Waals surface area contributed by atoms with Gasteiger partial charge in [-0.05, 0) is 96.7 Å². The molecule has 0 spiro atoms. The van der Waals surface area contributed by atoms with Crippen molar-refractivity contribution in [1.82, 2.24) is 0 Å². The normalized spacial score (nSPS) is 11.5. The Bertz CT molecular complexity index is 3620. The first-order valence-corrected chi connectivity index (χ1v) is 21.3. The molecule has 2 nitrogen and oxygen atoms in total. The third-order valence-corrected chi connectivity index (χ3v) is 12.5. The van der Waals surface area contributed by atoms with Gasteiger partial charge >= 0.3 is 0 Å². The number of nitrogens with zero attached hydrogens (tertiary/aromatic N) is 1. The Hall–Kier alpha value is -8.20. The molecule has 0 bridgehead atoms. The monoisotopic (exact) mass is 789 g/mol. The molecule has 0 unspecified atom stereocenters. The van der Waals surface area contributed by atoms with Crippen LogP contribution in [0.2, 0.25) is 0 Å². The average molecular weight is 790 g/mol. The molecule has 0 amide bonds. The summed E-state index contributed by atoms with van der Waals surface area (Å²) in [6, 6.07) is 85.6. The number of hydrogen-bond acceptors (Lipinski definition) is 2. The quantitative estimate of drug-likeness (QED) is 0.150. The minimum Gasteiger partial charge on any atom is -0.455 e. The summed E-state index contributed by atoms with van der Waals surface area (Å²) >= 11 is 0. The summed E-state index contributed by atoms with van der Waals surface area (Å²) in [5.74, 6) is 0. The molecule has 62 heavy (non-hydrogen) atoms. The SMILES string of the molecule is c1ccc(-c2ccc(N(c3cc(-c4cccc5c4ccc4ccccc45)ccc3-c3ccccc3)c3ccccc3-c3cccc4oc5c6ccccc6ccc5c34)cc2)cc1. The van der Waals surface area contributed by atoms with Crippen LogP contribution in [0.5, 0.6) is 0 Å². The molecule has 0 radical (unpaired) electrons. The zero-order valence-corrected chi connectivity index (χ0v) is 33.9. The molecule has 0 saturated carbocycles. The summed E-state index contributed by atoms with van der Waals surface area (Å²) in [6.45, 7) is 0. The second kappa shape index (κ2) is 14.8. The second-order valence-corrected chi connectivity index (χ2v) is 16.0. The van der Waals surface area contributed by atoms with Crippen molar-refractivity contribution in [3.05, 3.63) is 237 Å². The largest absolute Gasteiger partial charge is 0.455 e. The maximum Gasteiger partial charge on any atom is 0.143 e. The van der Waals surface area contributed by atoms with Crippen LogP contribution in [-0.2, 0) is 0 Å². The van der Waals surface area contributed by atoms with Gasteiger partial charge in [0.05, 0.1) is 11.4 Å². The van der Waals surface area contributed by atoms with E-state index in [1.54, 1.807) is 0 Å². The minimum atomic E-state index is 0.873. The van der Waals surface area contributed by atoms with Crippen molar-refractivity contribution in [3.8, 4) is 44.5 Å². The summed E-state index contributed by atoms with van der Waals surface area (Å²) in [6.07, 6.45) is 0. The number of furan rings is 1. The van der Waals surface area contributed by atoms with Crippen molar-refractivity contribution in [2.45, 2.75) is 0 Å². The lowest BCUT2D eigenvalue weighted by Crippen LogP contribution is -2.13. The van der Waals surface area contributed by atoms with Crippen molar-refractivity contribution in [3.63, 3.8) is 0 Å². The van der Waals surface area contributed by atoms with Gasteiger partial charge < -0.3 is 9.32 Å². The number of rotatable bonds is 7. The Balaban J connectivity index is 1.13. The van der Waals surface area contributed by atoms with Crippen LogP contribution in [0.1, 0.15) is 0 Å². The molecule has 11 aromatic carbocycles. The maximum absolute atomic E-state index is 6.74. The van der Waals surface area contributed by atoms with Crippen molar-refractivity contribution in [1.29, 1.82) is 0 Å². The van der Waals surface area contributed by atoms with Crippen LogP contribution in [0.3, 0.4) is 0 Å². The van der Waals surface area contributed by atoms with E-state index in [4.69, 9.17) is 4.42 Å². The lowest BCUT2D eigenvalue weighted by atomic mass is 9.91. The first kappa shape index (κ1) is 35.7. The smallest absolute Gasteiger partial charge is 0.143 e. The number of hydrogen-bond donors (Lipinski definition) is 0. The molecule has 1 aromatic heterocycles. The third-order valence-electron chi connectivity index (χ3n) is 12.5. The van der Waals surface area contributed by atoms with E-state index < -0.39 is 0 Å². The van der Waals surface area contributed by atoms with Gasteiger partial charge in [-0.2, -0.15) is 0 Å². The van der Waals surface area contributed by atoms with E-state index in [2.05, 4.69) is 241 Å². The van der Waals surface area contributed by atoms with Gasteiger partial charge in [-0.1, -0.05) is 200 Å². The van der Waals surface area contributed by atoms with Gasteiger partial charge in [-0.3, -0.25) is 0 Å². The van der Waals surface area contributed by atoms with E-state index in [0.29, 0.717) is 0 Å². The zero-order valence-electron chi connectivity index (χ0n) is 33.9. The van der Waals surface area contributed by atoms with Gasteiger partial charge in [0.15, 0.2) is 0 Å². The number of anilines is 3. The lowest BCUT2D eigenvalue weighted by Gasteiger charge is -2.31. The summed E-state index contributed by atoms with van der Waals surface area (Å²) in [5.41, 5.74) is 14.2. The lowest BCUT2D eigenvalue weighted by molar-refractivity contribution is 0.673. The van der Waals surface area contributed by atoms with Crippen molar-refractivity contribution in [2.24, 2.45) is 0 Å². The molecular weight excluding hydrogens is 751 g/mol. The summed E-state index contributed by atoms with van der Waals surface area (Å²) < 4.78 is 6.74. The van der Waals surface area contributed by atoms with Crippen LogP contribution in [0.25, 0.3) is 98.8 Å². The molecule has 290 valence electrons. The highest BCUT2D eigenvalue weighted by Gasteiger charge is 2.24. The van der Waals surface area contributed by atoms with Crippen LogP contribution in [0.4, 0.5) is 17.1 Å². The topological polar surface area (TPSA) is 16.4 Å². The molecule has 0 saturated heterocycles. The van der Waals surface area contributed by atoms with Crippen LogP contribution in [0.15, 0.2) is 241 Å². The van der Waals surface area contributed by atoms with Crippen molar-refractivity contribution in [2.75, 3.05) is 4.90 Å². The first-order chi connectivity index (χ1) is 30.8. The molecule has 0 aliphatic heterocycles. The average Bonchev–Trinajstić information content (AvgIpc) is 3.75. The molecule has 0 atom stereocenters. The van der Waals surface area contributed by atoms with Gasteiger partial charge in [0, 0.05) is 33.0 Å². The summed E-state index contributed by atoms with van der Waals surface area (Å²) in [7, 11) is 0. The first-order valence-electron chi connectivity index (χ1n) is 21.3. The molecule has 0 aliphatic rings. The molecule has 0 N–H and O–H groups in total. The van der Waals surface area contributed by atoms with Gasteiger partial charge in [0.2, 0.25) is 0 Å². The van der Waals surface area contributed by atoms with Crippen molar-refractivity contribution >= 4 is 71.3 Å². The summed E-state index contributed by atoms with van der Waals surface area (Å²) in [5, 5.41) is 9.49. The van der Waals surface area contributed by atoms with E-state index in [-0.39, 0.29) is 0 Å². The van der Waals surface area contributed by atoms with Crippen LogP contribution in [-0.4, -0.2) is 0 Å². The highest BCUT2D eigenvalue weighted by Crippen LogP contribution is 2.49. The van der Waals surface area contributed by atoms with E-state index in [1.807, 2.05) is 0 Å². The van der Waals surface area contributed by atoms with Gasteiger partial charge in [0.1, 0.15) is 11.2 Å². The Morgan fingerprint density at radius 1 is 0.290 bits per heavy atom. The van der Waals surface area contributed by atoms with E-state index >= 15 is 0 Å². The molecule has 12 rings (SSSR count). The fourth-order valence-corrected chi connectivity index (χ4v) is 9.55. The number of fused-ring (bicyclic) bond motifs is 8. The van der Waals surface area contributed by atoms with Gasteiger partial charge in [-0.15, -0.1) is 0 Å². The van der Waals surface area contributed by atoms with E-state index in [0.717, 1.165) is 72.2 Å². The van der Waals surface area contributed by atoms with Gasteiger partial charge in [-0.25, -0.2) is 0 Å². The Kier molecular flexibility index (Phi) is 8.53. The molecule has 2 heteroatoms. The van der Waals surface area contributed by atoms with E-state index in [1.165, 1.54) is 43.6 Å². The van der Waals surface area contributed by atoms with Crippen LogP contribution < -0.4 is 4.90 Å². The zero-order chi connectivity index (χ0) is 41.0. The fourth-order valence-electron chi connectivity index (χ4n) is 9.55. The highest BCUT2D eigenvalue weighted by molar-refractivity contribution is 6.20. The molecule has 12 aromatic rings. The Morgan fingerprint density at radius 3 is 1.68 bits per heavy atom. The molecular formula is C60H39NO. The fraction of sp³-hybridized carbons (Fsp3) is 0. The van der Waals surface area contributed by atoms with E-state index in [9.17, 15) is 0 Å². The molecule has 0 fully saturated rings. The summed E-state index contributed by atoms with van der Waals surface area (Å²) in [4.78, 5) is 2.47. The minimum absolute atomic E-state index is 0.873. The van der Waals surface area contributed by atoms with Gasteiger partial charge in [0.25, 0.3) is 0 Å². The Labute approximate surface area is 360 Å². The highest BCUT2D eigenvalue weighted by atomic mass is 16.3.